The number of ether oxygens (including phenoxy) is 2. The number of benzene rings is 2. The molecule has 1 aromatic heterocycles. The summed E-state index contributed by atoms with van der Waals surface area (Å²) in [6, 6.07) is 15.9. The van der Waals surface area contributed by atoms with E-state index in [1.807, 2.05) is 61.7 Å². The number of H-pyrrole nitrogens is 1. The predicted octanol–water partition coefficient (Wildman–Crippen LogP) is 4.01. The van der Waals surface area contributed by atoms with Gasteiger partial charge in [-0.15, -0.1) is 0 Å². The molecule has 0 bridgehead atoms. The number of hydrogen-bond acceptors (Lipinski definition) is 4. The second-order valence-corrected chi connectivity index (χ2v) is 6.35. The molecular formula is C22H25NO4. The maximum Gasteiger partial charge on any atom is 0.306 e. The Morgan fingerprint density at radius 1 is 1.19 bits per heavy atom. The van der Waals surface area contributed by atoms with E-state index in [0.717, 1.165) is 27.8 Å². The third-order valence-corrected chi connectivity index (χ3v) is 4.51. The Balaban J connectivity index is 1.91. The highest BCUT2D eigenvalue weighted by molar-refractivity contribution is 5.86. The summed E-state index contributed by atoms with van der Waals surface area (Å²) < 4.78 is 10.8. The van der Waals surface area contributed by atoms with Crippen molar-refractivity contribution in [1.29, 1.82) is 0 Å². The maximum absolute atomic E-state index is 12.2. The van der Waals surface area contributed by atoms with Crippen LogP contribution in [0.3, 0.4) is 0 Å². The smallest absolute Gasteiger partial charge is 0.306 e. The Bertz CT molecular complexity index is 872. The number of hydrogen-bond donors (Lipinski definition) is 2. The third-order valence-electron chi connectivity index (χ3n) is 4.51. The molecule has 0 saturated heterocycles. The van der Waals surface area contributed by atoms with E-state index in [-0.39, 0.29) is 18.5 Å². The van der Waals surface area contributed by atoms with Crippen LogP contribution in [0.25, 0.3) is 10.9 Å². The van der Waals surface area contributed by atoms with E-state index in [4.69, 9.17) is 14.6 Å². The summed E-state index contributed by atoms with van der Waals surface area (Å²) >= 11 is 0. The van der Waals surface area contributed by atoms with Crippen LogP contribution in [-0.2, 0) is 9.53 Å². The summed E-state index contributed by atoms with van der Waals surface area (Å²) in [4.78, 5) is 15.5. The standard InChI is InChI=1S/C22H25NO4/c1-2-26-22(25)14-19(16-7-4-3-5-8-16)20-15-23-21-13-17(9-10-18(20)21)27-12-6-11-24/h3-5,7-10,13,15,19,23-24H,2,6,11-12,14H2,1H3. The Kier molecular flexibility index (Phi) is 6.49. The number of fused-ring (bicyclic) bond motifs is 1. The first kappa shape index (κ1) is 19.0. The van der Waals surface area contributed by atoms with Crippen LogP contribution in [0, 0.1) is 0 Å². The highest BCUT2D eigenvalue weighted by Crippen LogP contribution is 2.34. The molecule has 0 radical (unpaired) electrons. The zero-order chi connectivity index (χ0) is 19.1. The van der Waals surface area contributed by atoms with Gasteiger partial charge in [0.1, 0.15) is 5.75 Å². The number of aromatic nitrogens is 1. The zero-order valence-corrected chi connectivity index (χ0v) is 15.5. The van der Waals surface area contributed by atoms with Crippen LogP contribution in [0.1, 0.15) is 36.8 Å². The van der Waals surface area contributed by atoms with Crippen LogP contribution >= 0.6 is 0 Å². The van der Waals surface area contributed by atoms with E-state index in [1.165, 1.54) is 0 Å². The lowest BCUT2D eigenvalue weighted by atomic mass is 9.88. The third kappa shape index (κ3) is 4.68. The molecular weight excluding hydrogens is 342 g/mol. The second kappa shape index (κ2) is 9.24. The average molecular weight is 367 g/mol. The molecule has 1 unspecified atom stereocenters. The van der Waals surface area contributed by atoms with Crippen LogP contribution in [-0.4, -0.2) is 35.9 Å². The normalized spacial score (nSPS) is 12.1. The molecule has 0 amide bonds. The van der Waals surface area contributed by atoms with Gasteiger partial charge >= 0.3 is 5.97 Å². The molecule has 0 spiro atoms. The number of carbonyl (C=O) groups excluding carboxylic acids is 1. The van der Waals surface area contributed by atoms with Gasteiger partial charge in [0.2, 0.25) is 0 Å². The van der Waals surface area contributed by atoms with Gasteiger partial charge in [0, 0.05) is 42.1 Å². The molecule has 5 nitrogen and oxygen atoms in total. The number of esters is 1. The van der Waals surface area contributed by atoms with Crippen molar-refractivity contribution in [3.05, 3.63) is 65.9 Å². The Morgan fingerprint density at radius 2 is 2.00 bits per heavy atom. The van der Waals surface area contributed by atoms with Crippen LogP contribution < -0.4 is 4.74 Å². The zero-order valence-electron chi connectivity index (χ0n) is 15.5. The van der Waals surface area contributed by atoms with Crippen molar-refractivity contribution in [3.63, 3.8) is 0 Å². The molecule has 0 aliphatic heterocycles. The molecule has 1 heterocycles. The van der Waals surface area contributed by atoms with Gasteiger partial charge in [0.15, 0.2) is 0 Å². The molecule has 0 aliphatic carbocycles. The first-order chi connectivity index (χ1) is 13.2. The molecule has 142 valence electrons. The fourth-order valence-electron chi connectivity index (χ4n) is 3.24. The van der Waals surface area contributed by atoms with Gasteiger partial charge in [0.25, 0.3) is 0 Å². The van der Waals surface area contributed by atoms with E-state index >= 15 is 0 Å². The largest absolute Gasteiger partial charge is 0.493 e. The van der Waals surface area contributed by atoms with Gasteiger partial charge in [-0.25, -0.2) is 0 Å². The Morgan fingerprint density at radius 3 is 2.74 bits per heavy atom. The van der Waals surface area contributed by atoms with Gasteiger partial charge in [-0.2, -0.15) is 0 Å². The summed E-state index contributed by atoms with van der Waals surface area (Å²) in [5.41, 5.74) is 3.09. The van der Waals surface area contributed by atoms with Crippen molar-refractivity contribution in [2.24, 2.45) is 0 Å². The molecule has 0 aliphatic rings. The summed E-state index contributed by atoms with van der Waals surface area (Å²) in [5, 5.41) is 9.93. The molecule has 2 aromatic carbocycles. The monoisotopic (exact) mass is 367 g/mol. The van der Waals surface area contributed by atoms with Crippen LogP contribution in [0.5, 0.6) is 5.75 Å². The molecule has 27 heavy (non-hydrogen) atoms. The lowest BCUT2D eigenvalue weighted by molar-refractivity contribution is -0.143. The number of carbonyl (C=O) groups is 1. The van der Waals surface area contributed by atoms with Gasteiger partial charge in [0.05, 0.1) is 19.6 Å². The van der Waals surface area contributed by atoms with Crippen molar-refractivity contribution < 1.29 is 19.4 Å². The summed E-state index contributed by atoms with van der Waals surface area (Å²) in [6.07, 6.45) is 2.85. The van der Waals surface area contributed by atoms with E-state index in [2.05, 4.69) is 4.98 Å². The average Bonchev–Trinajstić information content (AvgIpc) is 3.10. The quantitative estimate of drug-likeness (QED) is 0.443. The van der Waals surface area contributed by atoms with Gasteiger partial charge in [-0.1, -0.05) is 30.3 Å². The highest BCUT2D eigenvalue weighted by atomic mass is 16.5. The van der Waals surface area contributed by atoms with Crippen molar-refractivity contribution in [1.82, 2.24) is 4.98 Å². The number of aliphatic hydroxyl groups is 1. The van der Waals surface area contributed by atoms with Crippen molar-refractivity contribution in [2.75, 3.05) is 19.8 Å². The number of aromatic amines is 1. The predicted molar refractivity (Wildman–Crippen MR) is 105 cm³/mol. The Labute approximate surface area is 158 Å². The fourth-order valence-corrected chi connectivity index (χ4v) is 3.24. The molecule has 5 heteroatoms. The molecule has 0 saturated carbocycles. The molecule has 0 fully saturated rings. The summed E-state index contributed by atoms with van der Waals surface area (Å²) in [5.74, 6) is 0.468. The molecule has 1 atom stereocenters. The minimum atomic E-state index is -0.204. The van der Waals surface area contributed by atoms with E-state index in [1.54, 1.807) is 0 Å². The van der Waals surface area contributed by atoms with Crippen LogP contribution in [0.2, 0.25) is 0 Å². The highest BCUT2D eigenvalue weighted by Gasteiger charge is 2.22. The van der Waals surface area contributed by atoms with Crippen molar-refractivity contribution in [2.45, 2.75) is 25.7 Å². The molecule has 3 aromatic rings. The van der Waals surface area contributed by atoms with Gasteiger partial charge < -0.3 is 19.6 Å². The summed E-state index contributed by atoms with van der Waals surface area (Å²) in [6.45, 7) is 2.79. The summed E-state index contributed by atoms with van der Waals surface area (Å²) in [7, 11) is 0. The topological polar surface area (TPSA) is 71.6 Å². The van der Waals surface area contributed by atoms with E-state index in [0.29, 0.717) is 26.1 Å². The van der Waals surface area contributed by atoms with Crippen molar-refractivity contribution >= 4 is 16.9 Å². The van der Waals surface area contributed by atoms with Gasteiger partial charge in [-0.3, -0.25) is 4.79 Å². The minimum absolute atomic E-state index is 0.0832. The number of aliphatic hydroxyl groups excluding tert-OH is 1. The maximum atomic E-state index is 12.2. The van der Waals surface area contributed by atoms with Crippen LogP contribution in [0.15, 0.2) is 54.7 Å². The lowest BCUT2D eigenvalue weighted by Gasteiger charge is -2.16. The van der Waals surface area contributed by atoms with Crippen LogP contribution in [0.4, 0.5) is 0 Å². The Hall–Kier alpha value is -2.79. The lowest BCUT2D eigenvalue weighted by Crippen LogP contribution is -2.11. The van der Waals surface area contributed by atoms with E-state index < -0.39 is 0 Å². The SMILES string of the molecule is CCOC(=O)CC(c1ccccc1)c1c[nH]c2cc(OCCCO)ccc12. The van der Waals surface area contributed by atoms with Crippen molar-refractivity contribution in [3.8, 4) is 5.75 Å². The number of rotatable bonds is 9. The fraction of sp³-hybridized carbons (Fsp3) is 0.318. The minimum Gasteiger partial charge on any atom is -0.493 e. The first-order valence-corrected chi connectivity index (χ1v) is 9.28. The second-order valence-electron chi connectivity index (χ2n) is 6.35. The molecule has 3 rings (SSSR count). The number of nitrogens with one attached hydrogen (secondary N) is 1. The molecule has 2 N–H and O–H groups in total. The van der Waals surface area contributed by atoms with Gasteiger partial charge in [-0.05, 0) is 30.2 Å². The first-order valence-electron chi connectivity index (χ1n) is 9.28. The van der Waals surface area contributed by atoms with E-state index in [9.17, 15) is 4.79 Å².